The van der Waals surface area contributed by atoms with Gasteiger partial charge in [0.15, 0.2) is 6.61 Å². The molecule has 2 aromatic carbocycles. The summed E-state index contributed by atoms with van der Waals surface area (Å²) < 4.78 is 6.66. The lowest BCUT2D eigenvalue weighted by atomic mass is 9.87. The first-order chi connectivity index (χ1) is 13.3. The number of nitrogens with one attached hydrogen (secondary N) is 1. The van der Waals surface area contributed by atoms with E-state index in [0.717, 1.165) is 5.69 Å². The van der Waals surface area contributed by atoms with Crippen molar-refractivity contribution in [2.45, 2.75) is 26.2 Å². The molecule has 0 saturated heterocycles. The van der Waals surface area contributed by atoms with Gasteiger partial charge in [0.1, 0.15) is 12.7 Å². The van der Waals surface area contributed by atoms with Gasteiger partial charge in [0.2, 0.25) is 0 Å². The van der Waals surface area contributed by atoms with E-state index >= 15 is 0 Å². The third-order valence-electron chi connectivity index (χ3n) is 4.16. The lowest BCUT2D eigenvalue weighted by Gasteiger charge is -2.19. The SMILES string of the molecule is CC(C)(C)c1ccc(NC(=O)COC(=O)c2ccc(-n3cncn3)cc2)cc1. The monoisotopic (exact) mass is 378 g/mol. The average Bonchev–Trinajstić information content (AvgIpc) is 3.21. The van der Waals surface area contributed by atoms with E-state index in [2.05, 4.69) is 36.2 Å². The fraction of sp³-hybridized carbons (Fsp3) is 0.238. The van der Waals surface area contributed by atoms with Crippen molar-refractivity contribution < 1.29 is 14.3 Å². The Labute approximate surface area is 163 Å². The highest BCUT2D eigenvalue weighted by Gasteiger charge is 2.14. The lowest BCUT2D eigenvalue weighted by molar-refractivity contribution is -0.119. The largest absolute Gasteiger partial charge is 0.452 e. The van der Waals surface area contributed by atoms with Gasteiger partial charge in [-0.1, -0.05) is 32.9 Å². The highest BCUT2D eigenvalue weighted by Crippen LogP contribution is 2.23. The fourth-order valence-electron chi connectivity index (χ4n) is 2.56. The smallest absolute Gasteiger partial charge is 0.338 e. The van der Waals surface area contributed by atoms with Crippen molar-refractivity contribution in [2.75, 3.05) is 11.9 Å². The molecule has 0 aliphatic heterocycles. The molecule has 0 saturated carbocycles. The Hall–Kier alpha value is -3.48. The van der Waals surface area contributed by atoms with Crippen LogP contribution in [0.2, 0.25) is 0 Å². The molecule has 0 radical (unpaired) electrons. The fourth-order valence-corrected chi connectivity index (χ4v) is 2.56. The molecule has 0 fully saturated rings. The molecule has 3 aromatic rings. The zero-order valence-electron chi connectivity index (χ0n) is 16.0. The van der Waals surface area contributed by atoms with Crippen LogP contribution in [0, 0.1) is 0 Å². The van der Waals surface area contributed by atoms with Gasteiger partial charge in [0, 0.05) is 5.69 Å². The first-order valence-corrected chi connectivity index (χ1v) is 8.85. The Kier molecular flexibility index (Phi) is 5.54. The Balaban J connectivity index is 1.52. The zero-order valence-corrected chi connectivity index (χ0v) is 16.0. The Morgan fingerprint density at radius 2 is 1.71 bits per heavy atom. The maximum absolute atomic E-state index is 12.1. The van der Waals surface area contributed by atoms with Gasteiger partial charge in [0.05, 0.1) is 11.3 Å². The number of aromatic nitrogens is 3. The van der Waals surface area contributed by atoms with Gasteiger partial charge in [-0.2, -0.15) is 5.10 Å². The number of rotatable bonds is 5. The highest BCUT2D eigenvalue weighted by atomic mass is 16.5. The van der Waals surface area contributed by atoms with Crippen LogP contribution in [0.3, 0.4) is 0 Å². The van der Waals surface area contributed by atoms with Crippen LogP contribution in [0.4, 0.5) is 5.69 Å². The van der Waals surface area contributed by atoms with Gasteiger partial charge in [-0.15, -0.1) is 0 Å². The molecular formula is C21H22N4O3. The van der Waals surface area contributed by atoms with Crippen LogP contribution >= 0.6 is 0 Å². The van der Waals surface area contributed by atoms with Gasteiger partial charge >= 0.3 is 5.97 Å². The van der Waals surface area contributed by atoms with Crippen LogP contribution in [0.15, 0.2) is 61.2 Å². The number of benzene rings is 2. The third kappa shape index (κ3) is 4.82. The molecule has 0 spiro atoms. The summed E-state index contributed by atoms with van der Waals surface area (Å²) in [4.78, 5) is 28.0. The molecule has 7 nitrogen and oxygen atoms in total. The van der Waals surface area contributed by atoms with Crippen LogP contribution in [0.5, 0.6) is 0 Å². The number of carbonyl (C=O) groups excluding carboxylic acids is 2. The van der Waals surface area contributed by atoms with E-state index in [1.165, 1.54) is 11.9 Å². The minimum Gasteiger partial charge on any atom is -0.452 e. The highest BCUT2D eigenvalue weighted by molar-refractivity contribution is 5.95. The Morgan fingerprint density at radius 3 is 2.29 bits per heavy atom. The summed E-state index contributed by atoms with van der Waals surface area (Å²) in [6.45, 7) is 6.01. The second kappa shape index (κ2) is 8.04. The molecule has 3 rings (SSSR count). The quantitative estimate of drug-likeness (QED) is 0.688. The summed E-state index contributed by atoms with van der Waals surface area (Å²) in [6.07, 6.45) is 2.99. The van der Waals surface area contributed by atoms with E-state index in [1.54, 1.807) is 35.3 Å². The maximum Gasteiger partial charge on any atom is 0.338 e. The maximum atomic E-state index is 12.1. The average molecular weight is 378 g/mol. The van der Waals surface area contributed by atoms with Gasteiger partial charge in [-0.05, 0) is 47.4 Å². The molecule has 7 heteroatoms. The molecule has 0 aliphatic carbocycles. The van der Waals surface area contributed by atoms with Crippen molar-refractivity contribution in [1.29, 1.82) is 0 Å². The van der Waals surface area contributed by atoms with Crippen LogP contribution in [0.1, 0.15) is 36.7 Å². The standard InChI is InChI=1S/C21H22N4O3/c1-21(2,3)16-6-8-17(9-7-16)24-19(26)12-28-20(27)15-4-10-18(11-5-15)25-14-22-13-23-25/h4-11,13-14H,12H2,1-3H3,(H,24,26). The molecule has 144 valence electrons. The molecule has 1 N–H and O–H groups in total. The van der Waals surface area contributed by atoms with E-state index in [1.807, 2.05) is 24.3 Å². The summed E-state index contributed by atoms with van der Waals surface area (Å²) in [6, 6.07) is 14.3. The topological polar surface area (TPSA) is 86.1 Å². The summed E-state index contributed by atoms with van der Waals surface area (Å²) >= 11 is 0. The number of hydrogen-bond acceptors (Lipinski definition) is 5. The molecule has 1 heterocycles. The summed E-state index contributed by atoms with van der Waals surface area (Å²) in [7, 11) is 0. The molecule has 0 bridgehead atoms. The van der Waals surface area contributed by atoms with E-state index in [-0.39, 0.29) is 12.0 Å². The number of anilines is 1. The predicted molar refractivity (Wildman–Crippen MR) is 105 cm³/mol. The second-order valence-electron chi connectivity index (χ2n) is 7.34. The van der Waals surface area contributed by atoms with Gasteiger partial charge in [0.25, 0.3) is 5.91 Å². The molecule has 0 aliphatic rings. The van der Waals surface area contributed by atoms with Crippen molar-refractivity contribution in [3.63, 3.8) is 0 Å². The number of hydrogen-bond donors (Lipinski definition) is 1. The van der Waals surface area contributed by atoms with Gasteiger partial charge in [-0.25, -0.2) is 14.5 Å². The summed E-state index contributed by atoms with van der Waals surface area (Å²) in [5.74, 6) is -0.959. The number of esters is 1. The number of ether oxygens (including phenoxy) is 1. The molecule has 28 heavy (non-hydrogen) atoms. The lowest BCUT2D eigenvalue weighted by Crippen LogP contribution is -2.21. The van der Waals surface area contributed by atoms with Crippen LogP contribution in [-0.2, 0) is 14.9 Å². The number of nitrogens with zero attached hydrogens (tertiary/aromatic N) is 3. The normalized spacial score (nSPS) is 11.1. The van der Waals surface area contributed by atoms with E-state index in [4.69, 9.17) is 4.74 Å². The van der Waals surface area contributed by atoms with Gasteiger partial charge in [-0.3, -0.25) is 4.79 Å². The van der Waals surface area contributed by atoms with Crippen LogP contribution in [-0.4, -0.2) is 33.2 Å². The van der Waals surface area contributed by atoms with Crippen molar-refractivity contribution in [1.82, 2.24) is 14.8 Å². The van der Waals surface area contributed by atoms with E-state index < -0.39 is 11.9 Å². The molecular weight excluding hydrogens is 356 g/mol. The van der Waals surface area contributed by atoms with Crippen LogP contribution in [0.25, 0.3) is 5.69 Å². The van der Waals surface area contributed by atoms with Crippen molar-refractivity contribution in [3.05, 3.63) is 72.3 Å². The summed E-state index contributed by atoms with van der Waals surface area (Å²) in [5.41, 5.74) is 3.00. The third-order valence-corrected chi connectivity index (χ3v) is 4.16. The molecule has 0 atom stereocenters. The first-order valence-electron chi connectivity index (χ1n) is 8.85. The Bertz CT molecular complexity index is 941. The van der Waals surface area contributed by atoms with Crippen molar-refractivity contribution in [2.24, 2.45) is 0 Å². The van der Waals surface area contributed by atoms with Crippen molar-refractivity contribution >= 4 is 17.6 Å². The summed E-state index contributed by atoms with van der Waals surface area (Å²) in [5, 5.41) is 6.74. The number of amides is 1. The molecule has 1 aromatic heterocycles. The predicted octanol–water partition coefficient (Wildman–Crippen LogP) is 3.36. The van der Waals surface area contributed by atoms with Crippen molar-refractivity contribution in [3.8, 4) is 5.69 Å². The minimum atomic E-state index is -0.566. The second-order valence-corrected chi connectivity index (χ2v) is 7.34. The number of carbonyl (C=O) groups is 2. The zero-order chi connectivity index (χ0) is 20.1. The minimum absolute atomic E-state index is 0.0432. The Morgan fingerprint density at radius 1 is 1.04 bits per heavy atom. The molecule has 0 unspecified atom stereocenters. The van der Waals surface area contributed by atoms with E-state index in [0.29, 0.717) is 11.3 Å². The van der Waals surface area contributed by atoms with E-state index in [9.17, 15) is 9.59 Å². The van der Waals surface area contributed by atoms with Crippen LogP contribution < -0.4 is 5.32 Å². The molecule has 1 amide bonds. The van der Waals surface area contributed by atoms with Gasteiger partial charge < -0.3 is 10.1 Å². The first kappa shape index (κ1) is 19.3.